The van der Waals surface area contributed by atoms with E-state index in [1.165, 1.54) is 0 Å². The smallest absolute Gasteiger partial charge is 0.386 e. The summed E-state index contributed by atoms with van der Waals surface area (Å²) in [7, 11) is -3.44. The van der Waals surface area contributed by atoms with Gasteiger partial charge in [-0.1, -0.05) is 0 Å². The zero-order valence-electron chi connectivity index (χ0n) is 9.07. The lowest BCUT2D eigenvalue weighted by molar-refractivity contribution is -0.137. The highest BCUT2D eigenvalue weighted by atomic mass is 31.2. The summed E-state index contributed by atoms with van der Waals surface area (Å²) in [6.45, 7) is 1.70. The lowest BCUT2D eigenvalue weighted by Crippen LogP contribution is -2.12. The molecule has 0 radical (unpaired) electrons. The Bertz CT molecular complexity index is 414. The van der Waals surface area contributed by atoms with Gasteiger partial charge in [0, 0.05) is 5.30 Å². The fourth-order valence-corrected chi connectivity index (χ4v) is 2.70. The Morgan fingerprint density at radius 3 is 2.18 bits per heavy atom. The zero-order valence-corrected chi connectivity index (χ0v) is 9.96. The summed E-state index contributed by atoms with van der Waals surface area (Å²) in [6, 6.07) is 3.76. The zero-order chi connectivity index (χ0) is 13.1. The predicted octanol–water partition coefficient (Wildman–Crippen LogP) is 2.60. The van der Waals surface area contributed by atoms with Crippen molar-refractivity contribution in [3.8, 4) is 0 Å². The summed E-state index contributed by atoms with van der Waals surface area (Å²) in [5.41, 5.74) is -0.831. The molecule has 0 saturated carbocycles. The van der Waals surface area contributed by atoms with E-state index in [-0.39, 0.29) is 11.9 Å². The minimum Gasteiger partial charge on any atom is -0.386 e. The molecule has 0 heterocycles. The van der Waals surface area contributed by atoms with Crippen molar-refractivity contribution in [3.05, 3.63) is 29.8 Å². The first-order valence-corrected chi connectivity index (χ1v) is 6.67. The average molecular weight is 268 g/mol. The van der Waals surface area contributed by atoms with Crippen LogP contribution in [0, 0.1) is 0 Å². The molecule has 1 unspecified atom stereocenters. The minimum atomic E-state index is -4.44. The molecule has 1 N–H and O–H groups in total. The van der Waals surface area contributed by atoms with Gasteiger partial charge in [-0.15, -0.1) is 0 Å². The highest BCUT2D eigenvalue weighted by Gasteiger charge is 2.31. The summed E-state index contributed by atoms with van der Waals surface area (Å²) in [6.07, 6.45) is -5.17. The van der Waals surface area contributed by atoms with Gasteiger partial charge < -0.3 is 9.63 Å². The van der Waals surface area contributed by atoms with Crippen molar-refractivity contribution in [2.24, 2.45) is 0 Å². The molecule has 96 valence electrons. The molecule has 0 bridgehead atoms. The molecule has 1 atom stereocenters. The molecular weight excluding hydrogens is 256 g/mol. The number of rotatable bonds is 4. The lowest BCUT2D eigenvalue weighted by Gasteiger charge is -2.16. The van der Waals surface area contributed by atoms with Gasteiger partial charge in [-0.05, 0) is 31.2 Å². The second-order valence-electron chi connectivity index (χ2n) is 3.28. The van der Waals surface area contributed by atoms with E-state index in [0.29, 0.717) is 0 Å². The second-order valence-corrected chi connectivity index (χ2v) is 5.68. The first kappa shape index (κ1) is 14.2. The molecule has 0 spiro atoms. The van der Waals surface area contributed by atoms with Gasteiger partial charge in [-0.3, -0.25) is 4.57 Å². The average Bonchev–Trinajstić information content (AvgIpc) is 2.28. The fourth-order valence-electron chi connectivity index (χ4n) is 1.28. The Labute approximate surface area is 96.7 Å². The molecule has 0 aliphatic carbocycles. The Hall–Kier alpha value is -0.840. The van der Waals surface area contributed by atoms with E-state index in [4.69, 9.17) is 9.63 Å². The van der Waals surface area contributed by atoms with Gasteiger partial charge in [0.25, 0.3) is 7.37 Å². The summed E-state index contributed by atoms with van der Waals surface area (Å²) in [5.74, 6) is 0. The monoisotopic (exact) mass is 268 g/mol. The molecule has 3 nitrogen and oxygen atoms in total. The highest BCUT2D eigenvalue weighted by molar-refractivity contribution is 7.66. The van der Waals surface area contributed by atoms with Gasteiger partial charge in [0.15, 0.2) is 0 Å². The van der Waals surface area contributed by atoms with Crippen molar-refractivity contribution in [2.75, 3.05) is 13.0 Å². The predicted molar refractivity (Wildman–Crippen MR) is 57.4 cm³/mol. The number of hydrogen-bond acceptors (Lipinski definition) is 3. The van der Waals surface area contributed by atoms with Crippen LogP contribution in [0.1, 0.15) is 12.5 Å². The van der Waals surface area contributed by atoms with Gasteiger partial charge >= 0.3 is 6.18 Å². The van der Waals surface area contributed by atoms with Crippen molar-refractivity contribution in [1.29, 1.82) is 0 Å². The second kappa shape index (κ2) is 5.21. The molecule has 0 amide bonds. The number of aliphatic hydroxyl groups excluding tert-OH is 1. The normalized spacial score (nSPS) is 15.6. The molecule has 7 heteroatoms. The molecule has 1 aromatic carbocycles. The van der Waals surface area contributed by atoms with Crippen molar-refractivity contribution in [2.45, 2.75) is 13.1 Å². The molecule has 0 aromatic heterocycles. The lowest BCUT2D eigenvalue weighted by atomic mass is 10.2. The quantitative estimate of drug-likeness (QED) is 0.854. The van der Waals surface area contributed by atoms with Crippen molar-refractivity contribution in [3.63, 3.8) is 0 Å². The van der Waals surface area contributed by atoms with Crippen LogP contribution in [0.4, 0.5) is 13.2 Å². The van der Waals surface area contributed by atoms with E-state index in [1.54, 1.807) is 6.92 Å². The maximum absolute atomic E-state index is 12.3. The van der Waals surface area contributed by atoms with Crippen LogP contribution in [-0.4, -0.2) is 18.1 Å². The molecule has 0 aliphatic rings. The van der Waals surface area contributed by atoms with E-state index in [1.807, 2.05) is 0 Å². The maximum atomic E-state index is 12.3. The van der Waals surface area contributed by atoms with E-state index in [9.17, 15) is 17.7 Å². The third kappa shape index (κ3) is 3.31. The topological polar surface area (TPSA) is 46.5 Å². The van der Waals surface area contributed by atoms with Crippen LogP contribution < -0.4 is 5.30 Å². The number of benzene rings is 1. The fraction of sp³-hybridized carbons (Fsp3) is 0.400. The van der Waals surface area contributed by atoms with Crippen molar-refractivity contribution in [1.82, 2.24) is 0 Å². The number of halogens is 3. The van der Waals surface area contributed by atoms with Crippen molar-refractivity contribution >= 4 is 12.7 Å². The van der Waals surface area contributed by atoms with Crippen LogP contribution in [0.25, 0.3) is 0 Å². The van der Waals surface area contributed by atoms with Crippen LogP contribution in [0.3, 0.4) is 0 Å². The standard InChI is InChI=1S/C10H12F3O3P/c1-2-16-17(15,7-14)9-5-3-8(4-6-9)10(11,12)13/h3-6,14H,2,7H2,1H3. The third-order valence-electron chi connectivity index (χ3n) is 2.11. The van der Waals surface area contributed by atoms with E-state index >= 15 is 0 Å². The minimum absolute atomic E-state index is 0.0786. The van der Waals surface area contributed by atoms with Gasteiger partial charge in [-0.2, -0.15) is 13.2 Å². The van der Waals surface area contributed by atoms with Crippen LogP contribution in [0.5, 0.6) is 0 Å². The Balaban J connectivity index is 3.05. The van der Waals surface area contributed by atoms with Gasteiger partial charge in [0.1, 0.15) is 6.35 Å². The van der Waals surface area contributed by atoms with Crippen LogP contribution in [-0.2, 0) is 15.3 Å². The molecule has 1 rings (SSSR count). The summed E-state index contributed by atoms with van der Waals surface area (Å²) in [4.78, 5) is 0. The van der Waals surface area contributed by atoms with E-state index in [2.05, 4.69) is 0 Å². The SMILES string of the molecule is CCOP(=O)(CO)c1ccc(C(F)(F)F)cc1. The number of hydrogen-bond donors (Lipinski definition) is 1. The largest absolute Gasteiger partial charge is 0.416 e. The van der Waals surface area contributed by atoms with Crippen LogP contribution >= 0.6 is 7.37 Å². The number of alkyl halides is 3. The molecular formula is C10H12F3O3P. The molecule has 0 fully saturated rings. The van der Waals surface area contributed by atoms with Gasteiger partial charge in [0.05, 0.1) is 12.2 Å². The molecule has 0 aliphatic heterocycles. The van der Waals surface area contributed by atoms with Gasteiger partial charge in [0.2, 0.25) is 0 Å². The number of aliphatic hydroxyl groups is 1. The first-order valence-electron chi connectivity index (χ1n) is 4.86. The summed E-state index contributed by atoms with van der Waals surface area (Å²) < 4.78 is 53.8. The molecule has 1 aromatic rings. The maximum Gasteiger partial charge on any atom is 0.416 e. The first-order chi connectivity index (χ1) is 7.83. The van der Waals surface area contributed by atoms with E-state index in [0.717, 1.165) is 24.3 Å². The van der Waals surface area contributed by atoms with Crippen LogP contribution in [0.2, 0.25) is 0 Å². The van der Waals surface area contributed by atoms with Crippen molar-refractivity contribution < 1.29 is 27.4 Å². The summed E-state index contributed by atoms with van der Waals surface area (Å²) in [5, 5.41) is 9.07. The Morgan fingerprint density at radius 2 is 1.82 bits per heavy atom. The van der Waals surface area contributed by atoms with Crippen LogP contribution in [0.15, 0.2) is 24.3 Å². The Kier molecular flexibility index (Phi) is 4.36. The Morgan fingerprint density at radius 1 is 1.29 bits per heavy atom. The molecule has 17 heavy (non-hydrogen) atoms. The van der Waals surface area contributed by atoms with Gasteiger partial charge in [-0.25, -0.2) is 0 Å². The van der Waals surface area contributed by atoms with E-state index < -0.39 is 25.5 Å². The summed E-state index contributed by atoms with van der Waals surface area (Å²) >= 11 is 0. The molecule has 0 saturated heterocycles. The third-order valence-corrected chi connectivity index (χ3v) is 4.24. The highest BCUT2D eigenvalue weighted by Crippen LogP contribution is 2.44.